The maximum atomic E-state index is 13.2. The average molecular weight is 410 g/mol. The molecule has 1 aromatic carbocycles. The Kier molecular flexibility index (Phi) is 4.55. The molecule has 0 atom stereocenters. The summed E-state index contributed by atoms with van der Waals surface area (Å²) in [5.41, 5.74) is 2.07. The minimum absolute atomic E-state index is 0.214. The molecule has 0 saturated carbocycles. The highest BCUT2D eigenvalue weighted by atomic mass is 16.5. The zero-order chi connectivity index (χ0) is 21.4. The molecular formula is C24H18N4O3. The molecule has 4 aromatic heterocycles. The molecule has 31 heavy (non-hydrogen) atoms. The molecule has 5 rings (SSSR count). The highest BCUT2D eigenvalue weighted by Crippen LogP contribution is 2.18. The van der Waals surface area contributed by atoms with Crippen molar-refractivity contribution in [1.82, 2.24) is 19.1 Å². The molecule has 0 spiro atoms. The van der Waals surface area contributed by atoms with Gasteiger partial charge in [0.2, 0.25) is 0 Å². The average Bonchev–Trinajstić information content (AvgIpc) is 2.81. The van der Waals surface area contributed by atoms with Crippen molar-refractivity contribution in [2.45, 2.75) is 6.54 Å². The van der Waals surface area contributed by atoms with Crippen LogP contribution in [0.15, 0.2) is 88.8 Å². The van der Waals surface area contributed by atoms with Crippen LogP contribution in [0.2, 0.25) is 0 Å². The van der Waals surface area contributed by atoms with E-state index in [0.717, 1.165) is 5.69 Å². The molecule has 7 nitrogen and oxygen atoms in total. The van der Waals surface area contributed by atoms with Crippen molar-refractivity contribution >= 4 is 21.8 Å². The van der Waals surface area contributed by atoms with Crippen molar-refractivity contribution in [3.8, 4) is 11.4 Å². The van der Waals surface area contributed by atoms with E-state index in [1.165, 1.54) is 4.57 Å². The molecule has 0 aliphatic heterocycles. The first-order chi connectivity index (χ1) is 15.1. The van der Waals surface area contributed by atoms with Crippen LogP contribution in [0.3, 0.4) is 0 Å². The van der Waals surface area contributed by atoms with Gasteiger partial charge in [0.15, 0.2) is 0 Å². The predicted molar refractivity (Wildman–Crippen MR) is 119 cm³/mol. The second-order valence-corrected chi connectivity index (χ2v) is 7.12. The molecule has 0 fully saturated rings. The van der Waals surface area contributed by atoms with Gasteiger partial charge in [-0.1, -0.05) is 12.1 Å². The lowest BCUT2D eigenvalue weighted by Gasteiger charge is -2.10. The number of fused-ring (bicyclic) bond motifs is 2. The maximum absolute atomic E-state index is 13.2. The Morgan fingerprint density at radius 3 is 2.45 bits per heavy atom. The first kappa shape index (κ1) is 18.7. The van der Waals surface area contributed by atoms with E-state index >= 15 is 0 Å². The van der Waals surface area contributed by atoms with Gasteiger partial charge >= 0.3 is 0 Å². The van der Waals surface area contributed by atoms with Crippen LogP contribution >= 0.6 is 0 Å². The van der Waals surface area contributed by atoms with E-state index in [9.17, 15) is 9.59 Å². The van der Waals surface area contributed by atoms with Gasteiger partial charge in [0.25, 0.3) is 11.1 Å². The molecule has 0 aliphatic carbocycles. The lowest BCUT2D eigenvalue weighted by molar-refractivity contribution is 0.414. The monoisotopic (exact) mass is 410 g/mol. The van der Waals surface area contributed by atoms with Crippen molar-refractivity contribution in [2.75, 3.05) is 7.11 Å². The minimum Gasteiger partial charge on any atom is -0.497 e. The third-order valence-electron chi connectivity index (χ3n) is 5.21. The summed E-state index contributed by atoms with van der Waals surface area (Å²) in [5, 5.41) is 0.775. The second-order valence-electron chi connectivity index (χ2n) is 7.12. The summed E-state index contributed by atoms with van der Waals surface area (Å²) in [7, 11) is 1.58. The van der Waals surface area contributed by atoms with E-state index in [4.69, 9.17) is 4.74 Å². The van der Waals surface area contributed by atoms with Crippen LogP contribution in [-0.4, -0.2) is 26.2 Å². The van der Waals surface area contributed by atoms with E-state index in [1.807, 2.05) is 36.4 Å². The molecule has 0 saturated heterocycles. The summed E-state index contributed by atoms with van der Waals surface area (Å²) >= 11 is 0. The minimum atomic E-state index is -0.250. The predicted octanol–water partition coefficient (Wildman–Crippen LogP) is 3.15. The fourth-order valence-electron chi connectivity index (χ4n) is 3.62. The Bertz CT molecular complexity index is 1540. The molecule has 0 aliphatic rings. The number of nitrogens with zero attached hydrogens (tertiary/aromatic N) is 4. The molecule has 5 aromatic rings. The number of hydrogen-bond donors (Lipinski definition) is 0. The van der Waals surface area contributed by atoms with Crippen LogP contribution in [-0.2, 0) is 6.54 Å². The summed E-state index contributed by atoms with van der Waals surface area (Å²) in [5.74, 6) is 0.651. The van der Waals surface area contributed by atoms with Crippen molar-refractivity contribution < 1.29 is 4.74 Å². The van der Waals surface area contributed by atoms with Gasteiger partial charge in [-0.3, -0.25) is 19.1 Å². The van der Waals surface area contributed by atoms with Gasteiger partial charge in [-0.15, -0.1) is 0 Å². The summed E-state index contributed by atoms with van der Waals surface area (Å²) < 4.78 is 8.35. The third-order valence-corrected chi connectivity index (χ3v) is 5.21. The van der Waals surface area contributed by atoms with Gasteiger partial charge in [-0.2, -0.15) is 0 Å². The van der Waals surface area contributed by atoms with Gasteiger partial charge in [0.1, 0.15) is 5.75 Å². The Balaban J connectivity index is 1.68. The fraction of sp³-hybridized carbons (Fsp3) is 0.0833. The second kappa shape index (κ2) is 7.53. The van der Waals surface area contributed by atoms with Crippen LogP contribution in [0, 0.1) is 0 Å². The summed E-state index contributed by atoms with van der Waals surface area (Å²) in [4.78, 5) is 35.1. The Morgan fingerprint density at radius 2 is 1.68 bits per heavy atom. The van der Waals surface area contributed by atoms with Gasteiger partial charge in [-0.05, 0) is 42.5 Å². The van der Waals surface area contributed by atoms with E-state index < -0.39 is 0 Å². The molecule has 0 radical (unpaired) electrons. The molecule has 0 unspecified atom stereocenters. The highest BCUT2D eigenvalue weighted by molar-refractivity contribution is 5.91. The van der Waals surface area contributed by atoms with Gasteiger partial charge in [0, 0.05) is 24.7 Å². The van der Waals surface area contributed by atoms with Gasteiger partial charge in [-0.25, -0.2) is 4.98 Å². The summed E-state index contributed by atoms with van der Waals surface area (Å²) in [6.45, 7) is 0.344. The zero-order valence-corrected chi connectivity index (χ0v) is 16.7. The van der Waals surface area contributed by atoms with Crippen molar-refractivity contribution in [3.05, 3.63) is 106 Å². The molecule has 7 heteroatoms. The number of methoxy groups -OCH3 is 1. The van der Waals surface area contributed by atoms with E-state index in [1.54, 1.807) is 54.5 Å². The maximum Gasteiger partial charge on any atom is 0.264 e. The lowest BCUT2D eigenvalue weighted by Crippen LogP contribution is -2.22. The lowest BCUT2D eigenvalue weighted by atomic mass is 10.2. The Hall–Kier alpha value is -4.26. The first-order valence-electron chi connectivity index (χ1n) is 9.74. The smallest absolute Gasteiger partial charge is 0.264 e. The third kappa shape index (κ3) is 3.36. The number of ether oxygens (including phenoxy) is 1. The van der Waals surface area contributed by atoms with Crippen molar-refractivity contribution in [3.63, 3.8) is 0 Å². The molecule has 4 heterocycles. The number of benzene rings is 1. The fourth-order valence-corrected chi connectivity index (χ4v) is 3.62. The molecular weight excluding hydrogens is 392 g/mol. The number of pyridine rings is 4. The van der Waals surface area contributed by atoms with E-state index in [0.29, 0.717) is 39.8 Å². The largest absolute Gasteiger partial charge is 0.497 e. The number of aromatic nitrogens is 4. The molecule has 0 N–H and O–H groups in total. The summed E-state index contributed by atoms with van der Waals surface area (Å²) in [6, 6.07) is 18.0. The van der Waals surface area contributed by atoms with Crippen molar-refractivity contribution in [1.29, 1.82) is 0 Å². The van der Waals surface area contributed by atoms with E-state index in [2.05, 4.69) is 9.97 Å². The first-order valence-corrected chi connectivity index (χ1v) is 9.74. The molecule has 0 amide bonds. The van der Waals surface area contributed by atoms with Gasteiger partial charge < -0.3 is 9.30 Å². The zero-order valence-electron chi connectivity index (χ0n) is 16.7. The highest BCUT2D eigenvalue weighted by Gasteiger charge is 2.11. The molecule has 152 valence electrons. The standard InChI is InChI=1S/C24H18N4O3/c1-31-18-7-4-6-17(13-18)28-12-9-22-20(24(28)30)14-19-21(26-22)8-11-27(23(19)29)15-16-5-2-3-10-25-16/h2-14H,15H2,1H3. The quantitative estimate of drug-likeness (QED) is 0.425. The van der Waals surface area contributed by atoms with Crippen molar-refractivity contribution in [2.24, 2.45) is 0 Å². The van der Waals surface area contributed by atoms with Crippen LogP contribution in [0.25, 0.3) is 27.5 Å². The normalized spacial score (nSPS) is 11.1. The van der Waals surface area contributed by atoms with Crippen LogP contribution < -0.4 is 15.9 Å². The van der Waals surface area contributed by atoms with E-state index in [-0.39, 0.29) is 11.1 Å². The van der Waals surface area contributed by atoms with Crippen LogP contribution in [0.5, 0.6) is 5.75 Å². The number of hydrogen-bond acceptors (Lipinski definition) is 5. The van der Waals surface area contributed by atoms with Crippen LogP contribution in [0.1, 0.15) is 5.69 Å². The number of rotatable bonds is 4. The van der Waals surface area contributed by atoms with Gasteiger partial charge in [0.05, 0.1) is 46.8 Å². The SMILES string of the molecule is COc1cccc(-n2ccc3nc4ccn(Cc5ccccn5)c(=O)c4cc3c2=O)c1. The molecule has 0 bridgehead atoms. The summed E-state index contributed by atoms with van der Waals surface area (Å²) in [6.07, 6.45) is 5.08. The van der Waals surface area contributed by atoms with Crippen LogP contribution in [0.4, 0.5) is 0 Å². The Labute approximate surface area is 176 Å². The Morgan fingerprint density at radius 1 is 0.871 bits per heavy atom. The topological polar surface area (TPSA) is 79.0 Å².